The Morgan fingerprint density at radius 1 is 1.00 bits per heavy atom. The summed E-state index contributed by atoms with van der Waals surface area (Å²) >= 11 is 0. The molecule has 0 unspecified atom stereocenters. The summed E-state index contributed by atoms with van der Waals surface area (Å²) in [6.45, 7) is -0.116. The number of hydrogen-bond donors (Lipinski definition) is 1. The number of amides is 1. The van der Waals surface area contributed by atoms with Crippen LogP contribution in [-0.4, -0.2) is 19.6 Å². The maximum Gasteiger partial charge on any atom is 0.262 e. The largest absolute Gasteiger partial charge is 0.484 e. The van der Waals surface area contributed by atoms with Gasteiger partial charge in [0.1, 0.15) is 5.75 Å². The van der Waals surface area contributed by atoms with Gasteiger partial charge < -0.3 is 15.0 Å². The Labute approximate surface area is 158 Å². The Balaban J connectivity index is 1.66. The molecule has 134 valence electrons. The third kappa shape index (κ3) is 4.65. The van der Waals surface area contributed by atoms with Crippen LogP contribution >= 0.6 is 0 Å². The molecule has 0 heterocycles. The zero-order chi connectivity index (χ0) is 19.1. The van der Waals surface area contributed by atoms with Crippen LogP contribution < -0.4 is 15.0 Å². The molecule has 5 heteroatoms. The van der Waals surface area contributed by atoms with E-state index in [9.17, 15) is 4.79 Å². The van der Waals surface area contributed by atoms with Crippen LogP contribution in [0, 0.1) is 11.3 Å². The molecule has 3 aromatic carbocycles. The van der Waals surface area contributed by atoms with E-state index in [2.05, 4.69) is 5.32 Å². The summed E-state index contributed by atoms with van der Waals surface area (Å²) in [4.78, 5) is 14.3. The third-order valence-corrected chi connectivity index (χ3v) is 4.04. The number of para-hydroxylation sites is 3. The molecule has 3 aromatic rings. The van der Waals surface area contributed by atoms with Crippen molar-refractivity contribution in [1.82, 2.24) is 0 Å². The first kappa shape index (κ1) is 18.0. The van der Waals surface area contributed by atoms with E-state index in [1.165, 1.54) is 0 Å². The molecule has 0 radical (unpaired) electrons. The van der Waals surface area contributed by atoms with Gasteiger partial charge in [-0.25, -0.2) is 0 Å². The molecule has 0 bridgehead atoms. The molecule has 0 fully saturated rings. The smallest absolute Gasteiger partial charge is 0.262 e. The Morgan fingerprint density at radius 2 is 1.67 bits per heavy atom. The highest BCUT2D eigenvalue weighted by Crippen LogP contribution is 2.30. The van der Waals surface area contributed by atoms with Crippen LogP contribution in [0.25, 0.3) is 0 Å². The zero-order valence-electron chi connectivity index (χ0n) is 14.9. The summed E-state index contributed by atoms with van der Waals surface area (Å²) in [6, 6.07) is 26.2. The van der Waals surface area contributed by atoms with E-state index in [4.69, 9.17) is 10.00 Å². The average molecular weight is 357 g/mol. The second-order valence-electron chi connectivity index (χ2n) is 5.88. The van der Waals surface area contributed by atoms with Gasteiger partial charge in [0.05, 0.1) is 23.0 Å². The Morgan fingerprint density at radius 3 is 2.37 bits per heavy atom. The quantitative estimate of drug-likeness (QED) is 0.712. The van der Waals surface area contributed by atoms with Gasteiger partial charge in [-0.3, -0.25) is 4.79 Å². The molecule has 0 spiro atoms. The predicted octanol–water partition coefficient (Wildman–Crippen LogP) is 4.34. The number of rotatable bonds is 6. The maximum atomic E-state index is 12.3. The van der Waals surface area contributed by atoms with E-state index in [1.54, 1.807) is 24.3 Å². The summed E-state index contributed by atoms with van der Waals surface area (Å²) in [5, 5.41) is 11.7. The number of benzene rings is 3. The van der Waals surface area contributed by atoms with Crippen molar-refractivity contribution in [3.05, 3.63) is 84.4 Å². The Hall–Kier alpha value is -3.78. The molecule has 1 N–H and O–H groups in total. The first-order valence-corrected chi connectivity index (χ1v) is 8.48. The van der Waals surface area contributed by atoms with E-state index in [0.29, 0.717) is 17.0 Å². The molecule has 0 aliphatic rings. The third-order valence-electron chi connectivity index (χ3n) is 4.04. The van der Waals surface area contributed by atoms with Crippen LogP contribution in [0.4, 0.5) is 17.1 Å². The number of nitriles is 1. The average Bonchev–Trinajstić information content (AvgIpc) is 2.73. The molecule has 0 saturated heterocycles. The number of hydrogen-bond acceptors (Lipinski definition) is 4. The highest BCUT2D eigenvalue weighted by molar-refractivity contribution is 5.96. The normalized spacial score (nSPS) is 9.93. The lowest BCUT2D eigenvalue weighted by molar-refractivity contribution is -0.118. The van der Waals surface area contributed by atoms with Crippen LogP contribution in [0.2, 0.25) is 0 Å². The van der Waals surface area contributed by atoms with Crippen molar-refractivity contribution in [1.29, 1.82) is 5.26 Å². The van der Waals surface area contributed by atoms with Gasteiger partial charge >= 0.3 is 0 Å². The number of nitrogens with one attached hydrogen (secondary N) is 1. The van der Waals surface area contributed by atoms with Crippen molar-refractivity contribution in [3.8, 4) is 11.8 Å². The van der Waals surface area contributed by atoms with Gasteiger partial charge in [0.25, 0.3) is 5.91 Å². The van der Waals surface area contributed by atoms with Crippen LogP contribution in [0.1, 0.15) is 5.56 Å². The molecule has 0 aromatic heterocycles. The van der Waals surface area contributed by atoms with Crippen molar-refractivity contribution in [3.63, 3.8) is 0 Å². The summed E-state index contributed by atoms with van der Waals surface area (Å²) < 4.78 is 5.49. The van der Waals surface area contributed by atoms with Gasteiger partial charge in [0.15, 0.2) is 6.61 Å². The van der Waals surface area contributed by atoms with Gasteiger partial charge in [0, 0.05) is 12.7 Å². The van der Waals surface area contributed by atoms with E-state index >= 15 is 0 Å². The standard InChI is InChI=1S/C22H19N3O2/c1-25(18-7-3-2-4-8-18)21-10-6-5-9-20(21)24-22(26)16-27-19-13-11-17(15-23)12-14-19/h2-14H,16H2,1H3,(H,24,26). The van der Waals surface area contributed by atoms with Crippen LogP contribution in [0.3, 0.4) is 0 Å². The van der Waals surface area contributed by atoms with Crippen molar-refractivity contribution in [2.75, 3.05) is 23.9 Å². The number of nitrogens with zero attached hydrogens (tertiary/aromatic N) is 2. The second kappa shape index (κ2) is 8.54. The molecule has 1 amide bonds. The van der Waals surface area contributed by atoms with E-state index < -0.39 is 0 Å². The lowest BCUT2D eigenvalue weighted by atomic mass is 10.2. The first-order valence-electron chi connectivity index (χ1n) is 8.48. The number of anilines is 3. The van der Waals surface area contributed by atoms with Crippen LogP contribution in [0.5, 0.6) is 5.75 Å². The fourth-order valence-electron chi connectivity index (χ4n) is 2.62. The van der Waals surface area contributed by atoms with Crippen molar-refractivity contribution in [2.24, 2.45) is 0 Å². The van der Waals surface area contributed by atoms with E-state index in [0.717, 1.165) is 11.4 Å². The Kier molecular flexibility index (Phi) is 5.70. The molecular formula is C22H19N3O2. The molecule has 0 aliphatic heterocycles. The fraction of sp³-hybridized carbons (Fsp3) is 0.0909. The summed E-state index contributed by atoms with van der Waals surface area (Å²) in [6.07, 6.45) is 0. The van der Waals surface area contributed by atoms with Crippen LogP contribution in [0.15, 0.2) is 78.9 Å². The minimum atomic E-state index is -0.256. The van der Waals surface area contributed by atoms with Gasteiger partial charge in [0.2, 0.25) is 0 Å². The molecule has 0 aliphatic carbocycles. The molecular weight excluding hydrogens is 338 g/mol. The summed E-state index contributed by atoms with van der Waals surface area (Å²) in [5.41, 5.74) is 3.16. The highest BCUT2D eigenvalue weighted by Gasteiger charge is 2.11. The fourth-order valence-corrected chi connectivity index (χ4v) is 2.62. The lowest BCUT2D eigenvalue weighted by Crippen LogP contribution is -2.22. The zero-order valence-corrected chi connectivity index (χ0v) is 14.9. The first-order chi connectivity index (χ1) is 13.2. The minimum absolute atomic E-state index is 0.116. The predicted molar refractivity (Wildman–Crippen MR) is 106 cm³/mol. The molecule has 5 nitrogen and oxygen atoms in total. The molecule has 0 atom stereocenters. The molecule has 0 saturated carbocycles. The number of carbonyl (C=O) groups excluding carboxylic acids is 1. The lowest BCUT2D eigenvalue weighted by Gasteiger charge is -2.22. The topological polar surface area (TPSA) is 65.4 Å². The van der Waals surface area contributed by atoms with E-state index in [-0.39, 0.29) is 12.5 Å². The Bertz CT molecular complexity index is 947. The van der Waals surface area contributed by atoms with E-state index in [1.807, 2.05) is 72.6 Å². The van der Waals surface area contributed by atoms with Crippen molar-refractivity contribution < 1.29 is 9.53 Å². The summed E-state index contributed by atoms with van der Waals surface area (Å²) in [5.74, 6) is 0.284. The van der Waals surface area contributed by atoms with Crippen LogP contribution in [-0.2, 0) is 4.79 Å². The SMILES string of the molecule is CN(c1ccccc1)c1ccccc1NC(=O)COc1ccc(C#N)cc1. The summed E-state index contributed by atoms with van der Waals surface area (Å²) in [7, 11) is 1.95. The second-order valence-corrected chi connectivity index (χ2v) is 5.88. The minimum Gasteiger partial charge on any atom is -0.484 e. The molecule has 3 rings (SSSR count). The van der Waals surface area contributed by atoms with Gasteiger partial charge in [-0.05, 0) is 48.5 Å². The van der Waals surface area contributed by atoms with Gasteiger partial charge in [-0.15, -0.1) is 0 Å². The van der Waals surface area contributed by atoms with Gasteiger partial charge in [-0.2, -0.15) is 5.26 Å². The van der Waals surface area contributed by atoms with Crippen molar-refractivity contribution in [2.45, 2.75) is 0 Å². The monoisotopic (exact) mass is 357 g/mol. The number of ether oxygens (including phenoxy) is 1. The van der Waals surface area contributed by atoms with Gasteiger partial charge in [-0.1, -0.05) is 30.3 Å². The molecule has 27 heavy (non-hydrogen) atoms. The van der Waals surface area contributed by atoms with Crippen molar-refractivity contribution >= 4 is 23.0 Å². The highest BCUT2D eigenvalue weighted by atomic mass is 16.5. The maximum absolute atomic E-state index is 12.3. The number of carbonyl (C=O) groups is 1.